The van der Waals surface area contributed by atoms with E-state index in [-0.39, 0.29) is 32.1 Å². The van der Waals surface area contributed by atoms with Gasteiger partial charge >= 0.3 is 5.97 Å². The maximum atomic E-state index is 11.8. The Balaban J connectivity index is 1.36. The fourth-order valence-corrected chi connectivity index (χ4v) is 2.56. The summed E-state index contributed by atoms with van der Waals surface area (Å²) in [6.07, 6.45) is -0.164. The van der Waals surface area contributed by atoms with Gasteiger partial charge in [-0.3, -0.25) is 24.1 Å². The molecule has 0 spiro atoms. The summed E-state index contributed by atoms with van der Waals surface area (Å²) in [6.45, 7) is -0.495. The van der Waals surface area contributed by atoms with E-state index in [2.05, 4.69) is 5.32 Å². The van der Waals surface area contributed by atoms with Gasteiger partial charge in [-0.2, -0.15) is 0 Å². The maximum Gasteiger partial charge on any atom is 0.326 e. The molecule has 0 saturated carbocycles. The number of amides is 3. The van der Waals surface area contributed by atoms with Crippen LogP contribution in [0.3, 0.4) is 0 Å². The molecule has 1 saturated heterocycles. The molecular weight excluding hydrogens is 344 g/mol. The molecule has 2 aliphatic heterocycles. The Morgan fingerprint density at radius 3 is 2.58 bits per heavy atom. The molecule has 3 amide bonds. The van der Waals surface area contributed by atoms with Crippen molar-refractivity contribution in [3.8, 4) is 11.5 Å². The molecule has 0 bridgehead atoms. The molecule has 0 aromatic heterocycles. The lowest BCUT2D eigenvalue weighted by Gasteiger charge is -2.26. The molecule has 138 valence electrons. The first-order valence-corrected chi connectivity index (χ1v) is 8.17. The zero-order chi connectivity index (χ0) is 18.5. The molecule has 0 aliphatic carbocycles. The first-order chi connectivity index (χ1) is 12.5. The third-order valence-electron chi connectivity index (χ3n) is 3.90. The van der Waals surface area contributed by atoms with Gasteiger partial charge < -0.3 is 19.5 Å². The van der Waals surface area contributed by atoms with Crippen LogP contribution in [0.5, 0.6) is 11.5 Å². The standard InChI is InChI=1S/C17H18N2O7/c20-14(10-25-17(23)8-19-15(21)5-6-16(19)22)18-7-11-9-24-12-3-1-2-4-13(12)26-11/h1-4,11H,5-10H2,(H,18,20). The summed E-state index contributed by atoms with van der Waals surface area (Å²) in [5.41, 5.74) is 0. The number of hydrogen-bond acceptors (Lipinski definition) is 7. The average molecular weight is 362 g/mol. The number of likely N-dealkylation sites (tertiary alicyclic amines) is 1. The second kappa shape index (κ2) is 7.85. The van der Waals surface area contributed by atoms with Crippen molar-refractivity contribution in [2.24, 2.45) is 0 Å². The van der Waals surface area contributed by atoms with E-state index in [0.29, 0.717) is 11.5 Å². The average Bonchev–Trinajstić information content (AvgIpc) is 2.96. The number of nitrogens with one attached hydrogen (secondary N) is 1. The van der Waals surface area contributed by atoms with Crippen molar-refractivity contribution >= 4 is 23.7 Å². The number of hydrogen-bond donors (Lipinski definition) is 1. The molecule has 2 heterocycles. The SMILES string of the molecule is O=C(COC(=O)CN1C(=O)CCC1=O)NCC1COc2ccccc2O1. The number of carbonyl (C=O) groups is 4. The smallest absolute Gasteiger partial charge is 0.326 e. The highest BCUT2D eigenvalue weighted by Crippen LogP contribution is 2.30. The van der Waals surface area contributed by atoms with E-state index in [1.807, 2.05) is 12.1 Å². The second-order valence-electron chi connectivity index (χ2n) is 5.84. The molecule has 1 aromatic rings. The van der Waals surface area contributed by atoms with Crippen molar-refractivity contribution in [3.05, 3.63) is 24.3 Å². The van der Waals surface area contributed by atoms with E-state index in [4.69, 9.17) is 14.2 Å². The molecule has 1 N–H and O–H groups in total. The summed E-state index contributed by atoms with van der Waals surface area (Å²) in [7, 11) is 0. The number of carbonyl (C=O) groups excluding carboxylic acids is 4. The van der Waals surface area contributed by atoms with Crippen molar-refractivity contribution in [1.82, 2.24) is 10.2 Å². The Bertz CT molecular complexity index is 718. The van der Waals surface area contributed by atoms with Crippen LogP contribution in [0.4, 0.5) is 0 Å². The molecule has 9 heteroatoms. The highest BCUT2D eigenvalue weighted by Gasteiger charge is 2.31. The number of para-hydroxylation sites is 2. The minimum absolute atomic E-state index is 0.0964. The summed E-state index contributed by atoms with van der Waals surface area (Å²) in [6, 6.07) is 7.21. The van der Waals surface area contributed by atoms with Crippen molar-refractivity contribution in [2.75, 3.05) is 26.3 Å². The molecule has 1 unspecified atom stereocenters. The number of benzene rings is 1. The number of ether oxygens (including phenoxy) is 3. The summed E-state index contributed by atoms with van der Waals surface area (Å²) in [4.78, 5) is 47.1. The van der Waals surface area contributed by atoms with Crippen LogP contribution in [-0.2, 0) is 23.9 Å². The van der Waals surface area contributed by atoms with E-state index in [1.165, 1.54) is 0 Å². The number of nitrogens with zero attached hydrogens (tertiary/aromatic N) is 1. The number of fused-ring (bicyclic) bond motifs is 1. The lowest BCUT2D eigenvalue weighted by molar-refractivity contribution is -0.154. The van der Waals surface area contributed by atoms with E-state index >= 15 is 0 Å². The van der Waals surface area contributed by atoms with Gasteiger partial charge in [-0.05, 0) is 12.1 Å². The van der Waals surface area contributed by atoms with E-state index in [1.54, 1.807) is 12.1 Å². The lowest BCUT2D eigenvalue weighted by atomic mass is 10.2. The fraction of sp³-hybridized carbons (Fsp3) is 0.412. The van der Waals surface area contributed by atoms with Gasteiger partial charge in [-0.1, -0.05) is 12.1 Å². The van der Waals surface area contributed by atoms with E-state index in [0.717, 1.165) is 4.90 Å². The largest absolute Gasteiger partial charge is 0.486 e. The van der Waals surface area contributed by atoms with Crippen LogP contribution in [0.25, 0.3) is 0 Å². The van der Waals surface area contributed by atoms with Gasteiger partial charge in [0.25, 0.3) is 5.91 Å². The molecule has 1 atom stereocenters. The van der Waals surface area contributed by atoms with Gasteiger partial charge in [0, 0.05) is 12.8 Å². The first-order valence-electron chi connectivity index (χ1n) is 8.17. The number of imide groups is 1. The van der Waals surface area contributed by atoms with Gasteiger partial charge in [0.2, 0.25) is 11.8 Å². The van der Waals surface area contributed by atoms with Gasteiger partial charge in [0.05, 0.1) is 6.54 Å². The van der Waals surface area contributed by atoms with Crippen molar-refractivity contribution in [1.29, 1.82) is 0 Å². The second-order valence-corrected chi connectivity index (χ2v) is 5.84. The minimum Gasteiger partial charge on any atom is -0.486 e. The lowest BCUT2D eigenvalue weighted by Crippen LogP contribution is -2.42. The van der Waals surface area contributed by atoms with Crippen LogP contribution in [0.15, 0.2) is 24.3 Å². The Hall–Kier alpha value is -3.10. The predicted octanol–water partition coefficient (Wildman–Crippen LogP) is -0.365. The van der Waals surface area contributed by atoms with Crippen LogP contribution >= 0.6 is 0 Å². The molecule has 2 aliphatic rings. The molecule has 9 nitrogen and oxygen atoms in total. The van der Waals surface area contributed by atoms with Gasteiger partial charge in [0.1, 0.15) is 19.3 Å². The van der Waals surface area contributed by atoms with Crippen LogP contribution in [0.1, 0.15) is 12.8 Å². The third-order valence-corrected chi connectivity index (χ3v) is 3.90. The highest BCUT2D eigenvalue weighted by molar-refractivity contribution is 6.04. The normalized spacial score (nSPS) is 18.6. The van der Waals surface area contributed by atoms with Crippen LogP contribution in [0, 0.1) is 0 Å². The molecule has 1 aromatic carbocycles. The number of rotatable bonds is 6. The molecule has 3 rings (SSSR count). The summed E-state index contributed by atoms with van der Waals surface area (Å²) in [5, 5.41) is 2.58. The van der Waals surface area contributed by atoms with E-state index < -0.39 is 36.8 Å². The first kappa shape index (κ1) is 17.7. The topological polar surface area (TPSA) is 111 Å². The monoisotopic (exact) mass is 362 g/mol. The molecule has 26 heavy (non-hydrogen) atoms. The maximum absolute atomic E-state index is 11.8. The minimum atomic E-state index is -0.810. The van der Waals surface area contributed by atoms with Crippen molar-refractivity contribution in [3.63, 3.8) is 0 Å². The summed E-state index contributed by atoms with van der Waals surface area (Å²) >= 11 is 0. The quantitative estimate of drug-likeness (QED) is 0.543. The highest BCUT2D eigenvalue weighted by atomic mass is 16.6. The molecule has 0 radical (unpaired) electrons. The summed E-state index contributed by atoms with van der Waals surface area (Å²) in [5.74, 6) is -0.897. The van der Waals surface area contributed by atoms with Crippen molar-refractivity contribution in [2.45, 2.75) is 18.9 Å². The third kappa shape index (κ3) is 4.29. The van der Waals surface area contributed by atoms with Crippen molar-refractivity contribution < 1.29 is 33.4 Å². The molecular formula is C17H18N2O7. The Labute approximate surface area is 149 Å². The summed E-state index contributed by atoms with van der Waals surface area (Å²) < 4.78 is 16.0. The predicted molar refractivity (Wildman–Crippen MR) is 86.3 cm³/mol. The van der Waals surface area contributed by atoms with E-state index in [9.17, 15) is 19.2 Å². The van der Waals surface area contributed by atoms with Gasteiger partial charge in [-0.15, -0.1) is 0 Å². The molecule has 1 fully saturated rings. The zero-order valence-corrected chi connectivity index (χ0v) is 13.9. The Kier molecular flexibility index (Phi) is 5.35. The van der Waals surface area contributed by atoms with Gasteiger partial charge in [0.15, 0.2) is 18.1 Å². The fourth-order valence-electron chi connectivity index (χ4n) is 2.56. The number of esters is 1. The Morgan fingerprint density at radius 2 is 1.85 bits per heavy atom. The van der Waals surface area contributed by atoms with Crippen LogP contribution in [-0.4, -0.2) is 61.0 Å². The van der Waals surface area contributed by atoms with Gasteiger partial charge in [-0.25, -0.2) is 0 Å². The Morgan fingerprint density at radius 1 is 1.15 bits per heavy atom. The van der Waals surface area contributed by atoms with Crippen LogP contribution in [0.2, 0.25) is 0 Å². The van der Waals surface area contributed by atoms with Crippen LogP contribution < -0.4 is 14.8 Å². The zero-order valence-electron chi connectivity index (χ0n) is 13.9.